The van der Waals surface area contributed by atoms with E-state index in [0.29, 0.717) is 23.1 Å². The molecular formula is C14H13FN4OS2. The van der Waals surface area contributed by atoms with Gasteiger partial charge in [-0.3, -0.25) is 9.36 Å². The number of aryl methyl sites for hydroxylation is 1. The SMILES string of the molecule is Cc1csc(=O)n1CCSc1nncn1-c1ccccc1F. The van der Waals surface area contributed by atoms with E-state index < -0.39 is 0 Å². The fourth-order valence-electron chi connectivity index (χ4n) is 2.04. The van der Waals surface area contributed by atoms with Crippen LogP contribution in [-0.4, -0.2) is 25.1 Å². The van der Waals surface area contributed by atoms with Crippen LogP contribution in [0.3, 0.4) is 0 Å². The Labute approximate surface area is 134 Å². The topological polar surface area (TPSA) is 52.7 Å². The number of thioether (sulfide) groups is 1. The average Bonchev–Trinajstić information content (AvgIpc) is 3.09. The summed E-state index contributed by atoms with van der Waals surface area (Å²) in [5, 5.41) is 10.3. The van der Waals surface area contributed by atoms with Gasteiger partial charge in [-0.05, 0) is 19.1 Å². The molecule has 0 aliphatic rings. The van der Waals surface area contributed by atoms with Crippen molar-refractivity contribution in [2.45, 2.75) is 18.6 Å². The molecule has 1 aromatic carbocycles. The quantitative estimate of drug-likeness (QED) is 0.672. The predicted molar refractivity (Wildman–Crippen MR) is 85.4 cm³/mol. The Kier molecular flexibility index (Phi) is 4.39. The molecule has 0 aliphatic carbocycles. The lowest BCUT2D eigenvalue weighted by atomic mass is 10.3. The molecule has 2 aromatic heterocycles. The minimum absolute atomic E-state index is 0.0358. The van der Waals surface area contributed by atoms with E-state index in [1.807, 2.05) is 12.3 Å². The molecule has 8 heteroatoms. The Bertz CT molecular complexity index is 839. The summed E-state index contributed by atoms with van der Waals surface area (Å²) in [6, 6.07) is 6.48. The maximum atomic E-state index is 13.9. The van der Waals surface area contributed by atoms with Gasteiger partial charge in [0.1, 0.15) is 12.1 Å². The van der Waals surface area contributed by atoms with Crippen LogP contribution in [-0.2, 0) is 6.54 Å². The summed E-state index contributed by atoms with van der Waals surface area (Å²) in [7, 11) is 0. The third-order valence-corrected chi connectivity index (χ3v) is 4.96. The number of aromatic nitrogens is 4. The zero-order valence-electron chi connectivity index (χ0n) is 11.8. The summed E-state index contributed by atoms with van der Waals surface area (Å²) in [4.78, 5) is 11.7. The summed E-state index contributed by atoms with van der Waals surface area (Å²) < 4.78 is 17.2. The highest BCUT2D eigenvalue weighted by atomic mass is 32.2. The highest BCUT2D eigenvalue weighted by Gasteiger charge is 2.11. The van der Waals surface area contributed by atoms with Gasteiger partial charge in [-0.25, -0.2) is 4.39 Å². The zero-order chi connectivity index (χ0) is 15.5. The Hall–Kier alpha value is -1.93. The molecule has 2 heterocycles. The van der Waals surface area contributed by atoms with Crippen molar-refractivity contribution in [3.8, 4) is 5.69 Å². The van der Waals surface area contributed by atoms with Crippen molar-refractivity contribution in [2.75, 3.05) is 5.75 Å². The Balaban J connectivity index is 1.74. The summed E-state index contributed by atoms with van der Waals surface area (Å²) in [5.41, 5.74) is 1.37. The van der Waals surface area contributed by atoms with Crippen LogP contribution in [0.15, 0.2) is 45.9 Å². The lowest BCUT2D eigenvalue weighted by Crippen LogP contribution is -2.16. The van der Waals surface area contributed by atoms with E-state index in [0.717, 1.165) is 5.69 Å². The molecule has 22 heavy (non-hydrogen) atoms. The molecule has 0 radical (unpaired) electrons. The highest BCUT2D eigenvalue weighted by molar-refractivity contribution is 7.99. The zero-order valence-corrected chi connectivity index (χ0v) is 13.4. The number of nitrogens with zero attached hydrogens (tertiary/aromatic N) is 4. The van der Waals surface area contributed by atoms with Crippen LogP contribution >= 0.6 is 23.1 Å². The number of thiazole rings is 1. The van der Waals surface area contributed by atoms with Crippen molar-refractivity contribution in [3.05, 3.63) is 57.2 Å². The van der Waals surface area contributed by atoms with Crippen molar-refractivity contribution in [2.24, 2.45) is 0 Å². The number of benzene rings is 1. The fourth-order valence-corrected chi connectivity index (χ4v) is 3.64. The molecule has 0 fully saturated rings. The molecular weight excluding hydrogens is 323 g/mol. The van der Waals surface area contributed by atoms with E-state index in [1.165, 1.54) is 35.5 Å². The first kappa shape index (κ1) is 15.0. The van der Waals surface area contributed by atoms with Crippen LogP contribution in [0.25, 0.3) is 5.69 Å². The van der Waals surface area contributed by atoms with Crippen molar-refractivity contribution in [3.63, 3.8) is 0 Å². The third kappa shape index (κ3) is 2.97. The summed E-state index contributed by atoms with van der Waals surface area (Å²) in [5.74, 6) is 0.332. The number of halogens is 1. The van der Waals surface area contributed by atoms with Gasteiger partial charge in [0.2, 0.25) is 0 Å². The first-order valence-corrected chi connectivity index (χ1v) is 8.46. The molecule has 0 bridgehead atoms. The Morgan fingerprint density at radius 3 is 2.91 bits per heavy atom. The standard InChI is InChI=1S/C14H13FN4OS2/c1-10-8-22-14(20)18(10)6-7-21-13-17-16-9-19(13)12-5-3-2-4-11(12)15/h2-5,8-9H,6-7H2,1H3. The second kappa shape index (κ2) is 6.45. The molecule has 0 aliphatic heterocycles. The van der Waals surface area contributed by atoms with E-state index in [1.54, 1.807) is 27.3 Å². The molecule has 0 amide bonds. The predicted octanol–water partition coefficient (Wildman–Crippen LogP) is 2.73. The minimum Gasteiger partial charge on any atom is -0.303 e. The smallest absolute Gasteiger partial charge is 0.303 e. The van der Waals surface area contributed by atoms with Crippen molar-refractivity contribution in [1.29, 1.82) is 0 Å². The number of hydrogen-bond donors (Lipinski definition) is 0. The minimum atomic E-state index is -0.325. The fraction of sp³-hybridized carbons (Fsp3) is 0.214. The molecule has 0 spiro atoms. The van der Waals surface area contributed by atoms with Gasteiger partial charge in [0, 0.05) is 23.4 Å². The number of hydrogen-bond acceptors (Lipinski definition) is 5. The number of para-hydroxylation sites is 1. The van der Waals surface area contributed by atoms with Crippen LogP contribution in [0, 0.1) is 12.7 Å². The molecule has 0 N–H and O–H groups in total. The highest BCUT2D eigenvalue weighted by Crippen LogP contribution is 2.21. The normalized spacial score (nSPS) is 11.0. The second-order valence-corrected chi connectivity index (χ2v) is 6.46. The largest absolute Gasteiger partial charge is 0.307 e. The molecule has 0 saturated heterocycles. The summed E-state index contributed by atoms with van der Waals surface area (Å²) in [6.07, 6.45) is 1.49. The van der Waals surface area contributed by atoms with E-state index in [2.05, 4.69) is 10.2 Å². The van der Waals surface area contributed by atoms with Crippen molar-refractivity contribution < 1.29 is 4.39 Å². The lowest BCUT2D eigenvalue weighted by Gasteiger charge is -2.07. The molecule has 3 aromatic rings. The maximum Gasteiger partial charge on any atom is 0.307 e. The van der Waals surface area contributed by atoms with Crippen LogP contribution in [0.5, 0.6) is 0 Å². The summed E-state index contributed by atoms with van der Waals surface area (Å²) in [6.45, 7) is 2.49. The van der Waals surface area contributed by atoms with Crippen LogP contribution in [0.1, 0.15) is 5.69 Å². The summed E-state index contributed by atoms with van der Waals surface area (Å²) >= 11 is 2.64. The van der Waals surface area contributed by atoms with E-state index >= 15 is 0 Å². The Morgan fingerprint density at radius 2 is 2.18 bits per heavy atom. The van der Waals surface area contributed by atoms with E-state index in [9.17, 15) is 9.18 Å². The molecule has 0 saturated carbocycles. The maximum absolute atomic E-state index is 13.9. The third-order valence-electron chi connectivity index (χ3n) is 3.15. The van der Waals surface area contributed by atoms with Gasteiger partial charge in [0.25, 0.3) is 0 Å². The van der Waals surface area contributed by atoms with E-state index in [-0.39, 0.29) is 10.7 Å². The first-order valence-electron chi connectivity index (χ1n) is 6.59. The average molecular weight is 336 g/mol. The van der Waals surface area contributed by atoms with Crippen LogP contribution in [0.4, 0.5) is 4.39 Å². The molecule has 5 nitrogen and oxygen atoms in total. The van der Waals surface area contributed by atoms with E-state index in [4.69, 9.17) is 0 Å². The van der Waals surface area contributed by atoms with Gasteiger partial charge >= 0.3 is 4.87 Å². The van der Waals surface area contributed by atoms with Gasteiger partial charge in [-0.2, -0.15) is 0 Å². The monoisotopic (exact) mass is 336 g/mol. The van der Waals surface area contributed by atoms with Crippen molar-refractivity contribution >= 4 is 23.1 Å². The Morgan fingerprint density at radius 1 is 1.36 bits per heavy atom. The van der Waals surface area contributed by atoms with Crippen LogP contribution < -0.4 is 4.87 Å². The molecule has 114 valence electrons. The second-order valence-electron chi connectivity index (χ2n) is 4.58. The molecule has 0 atom stereocenters. The van der Waals surface area contributed by atoms with Crippen molar-refractivity contribution in [1.82, 2.24) is 19.3 Å². The van der Waals surface area contributed by atoms with Gasteiger partial charge in [0.05, 0.1) is 5.69 Å². The lowest BCUT2D eigenvalue weighted by molar-refractivity contribution is 0.613. The number of rotatable bonds is 5. The van der Waals surface area contributed by atoms with Gasteiger partial charge in [0.15, 0.2) is 5.16 Å². The van der Waals surface area contributed by atoms with Gasteiger partial charge < -0.3 is 4.57 Å². The molecule has 3 rings (SSSR count). The molecule has 0 unspecified atom stereocenters. The first-order chi connectivity index (χ1) is 10.7. The van der Waals surface area contributed by atoms with Gasteiger partial charge in [-0.15, -0.1) is 10.2 Å². The van der Waals surface area contributed by atoms with Crippen LogP contribution in [0.2, 0.25) is 0 Å². The van der Waals surface area contributed by atoms with Gasteiger partial charge in [-0.1, -0.05) is 35.2 Å².